The van der Waals surface area contributed by atoms with Crippen molar-refractivity contribution >= 4 is 35.0 Å². The molecule has 0 fully saturated rings. The Kier molecular flexibility index (Phi) is 7.94. The summed E-state index contributed by atoms with van der Waals surface area (Å²) in [5, 5.41) is 5.57. The normalized spacial score (nSPS) is 10.7. The van der Waals surface area contributed by atoms with Crippen LogP contribution in [0.3, 0.4) is 0 Å². The lowest BCUT2D eigenvalue weighted by Crippen LogP contribution is -2.23. The zero-order valence-electron chi connectivity index (χ0n) is 18.6. The third kappa shape index (κ3) is 5.50. The lowest BCUT2D eigenvalue weighted by molar-refractivity contribution is -0.113. The molecule has 3 aromatic rings. The summed E-state index contributed by atoms with van der Waals surface area (Å²) in [6, 6.07) is 15.9. The van der Waals surface area contributed by atoms with Crippen molar-refractivity contribution < 1.29 is 9.59 Å². The van der Waals surface area contributed by atoms with Crippen molar-refractivity contribution in [3.05, 3.63) is 76.2 Å². The summed E-state index contributed by atoms with van der Waals surface area (Å²) in [5.41, 5.74) is 2.17. The highest BCUT2D eigenvalue weighted by molar-refractivity contribution is 7.99. The first-order chi connectivity index (χ1) is 15.4. The molecule has 0 saturated carbocycles. The number of anilines is 2. The first-order valence-corrected chi connectivity index (χ1v) is 11.7. The van der Waals surface area contributed by atoms with Crippen molar-refractivity contribution in [1.82, 2.24) is 9.36 Å². The van der Waals surface area contributed by atoms with Gasteiger partial charge in [0, 0.05) is 18.3 Å². The minimum absolute atomic E-state index is 0.103. The average molecular weight is 453 g/mol. The maximum atomic E-state index is 13.0. The van der Waals surface area contributed by atoms with Crippen LogP contribution in [0.2, 0.25) is 0 Å². The SMILES string of the molecule is CCCCSCC(=O)Nc1cccc(C(=O)Nc2c(C)n(C)n(-c3ccccc3)c2=O)c1. The Morgan fingerprint density at radius 1 is 1.03 bits per heavy atom. The molecule has 0 aliphatic heterocycles. The monoisotopic (exact) mass is 452 g/mol. The zero-order chi connectivity index (χ0) is 23.1. The molecule has 0 spiro atoms. The lowest BCUT2D eigenvalue weighted by atomic mass is 10.2. The molecule has 0 unspecified atom stereocenters. The fourth-order valence-corrected chi connectivity index (χ4v) is 4.14. The standard InChI is InChI=1S/C24H28N4O3S/c1-4-5-14-32-16-21(29)25-19-11-9-10-18(15-19)23(30)26-22-17(2)27(3)28(24(22)31)20-12-7-6-8-13-20/h6-13,15H,4-5,14,16H2,1-3H3,(H,25,29)(H,26,30). The molecule has 2 amide bonds. The van der Waals surface area contributed by atoms with Gasteiger partial charge in [-0.15, -0.1) is 0 Å². The second-order valence-electron chi connectivity index (χ2n) is 7.43. The van der Waals surface area contributed by atoms with Gasteiger partial charge in [0.25, 0.3) is 11.5 Å². The Balaban J connectivity index is 1.74. The molecule has 0 saturated heterocycles. The Labute approximate surface area is 191 Å². The molecule has 168 valence electrons. The molecule has 0 aliphatic rings. The largest absolute Gasteiger partial charge is 0.325 e. The van der Waals surface area contributed by atoms with Crippen molar-refractivity contribution in [1.29, 1.82) is 0 Å². The number of thioether (sulfide) groups is 1. The third-order valence-corrected chi connectivity index (χ3v) is 6.12. The van der Waals surface area contributed by atoms with Crippen molar-refractivity contribution in [2.45, 2.75) is 26.7 Å². The van der Waals surface area contributed by atoms with Gasteiger partial charge in [-0.25, -0.2) is 4.68 Å². The number of para-hydroxylation sites is 1. The van der Waals surface area contributed by atoms with E-state index in [4.69, 9.17) is 0 Å². The Morgan fingerprint density at radius 2 is 1.78 bits per heavy atom. The maximum Gasteiger partial charge on any atom is 0.295 e. The van der Waals surface area contributed by atoms with Crippen molar-refractivity contribution in [3.8, 4) is 5.69 Å². The fourth-order valence-electron chi connectivity index (χ4n) is 3.24. The number of unbranched alkanes of at least 4 members (excludes halogenated alkanes) is 1. The van der Waals surface area contributed by atoms with Crippen LogP contribution in [0.1, 0.15) is 35.8 Å². The Bertz CT molecular complexity index is 1150. The van der Waals surface area contributed by atoms with Gasteiger partial charge in [-0.05, 0) is 49.4 Å². The van der Waals surface area contributed by atoms with Gasteiger partial charge in [-0.3, -0.25) is 19.1 Å². The first-order valence-electron chi connectivity index (χ1n) is 10.6. The number of nitrogens with zero attached hydrogens (tertiary/aromatic N) is 2. The molecule has 8 heteroatoms. The van der Waals surface area contributed by atoms with Gasteiger partial charge in [0.2, 0.25) is 5.91 Å². The van der Waals surface area contributed by atoms with Crippen LogP contribution in [-0.2, 0) is 11.8 Å². The topological polar surface area (TPSA) is 85.1 Å². The van der Waals surface area contributed by atoms with E-state index in [2.05, 4.69) is 17.6 Å². The van der Waals surface area contributed by atoms with E-state index < -0.39 is 5.91 Å². The van der Waals surface area contributed by atoms with E-state index in [1.54, 1.807) is 54.7 Å². The highest BCUT2D eigenvalue weighted by atomic mass is 32.2. The van der Waals surface area contributed by atoms with Crippen molar-refractivity contribution in [3.63, 3.8) is 0 Å². The molecule has 1 heterocycles. The number of nitrogens with one attached hydrogen (secondary N) is 2. The summed E-state index contributed by atoms with van der Waals surface area (Å²) < 4.78 is 3.22. The van der Waals surface area contributed by atoms with Gasteiger partial charge in [-0.1, -0.05) is 37.6 Å². The van der Waals surface area contributed by atoms with Crippen LogP contribution >= 0.6 is 11.8 Å². The molecule has 32 heavy (non-hydrogen) atoms. The van der Waals surface area contributed by atoms with Crippen LogP contribution < -0.4 is 16.2 Å². The van der Waals surface area contributed by atoms with Crippen LogP contribution in [-0.4, -0.2) is 32.7 Å². The predicted molar refractivity (Wildman–Crippen MR) is 131 cm³/mol. The second kappa shape index (κ2) is 10.9. The fraction of sp³-hybridized carbons (Fsp3) is 0.292. The summed E-state index contributed by atoms with van der Waals surface area (Å²) in [6.07, 6.45) is 2.18. The Morgan fingerprint density at radius 3 is 2.50 bits per heavy atom. The molecular formula is C24H28N4O3S. The third-order valence-electron chi connectivity index (χ3n) is 5.08. The first kappa shape index (κ1) is 23.4. The Hall–Kier alpha value is -3.26. The van der Waals surface area contributed by atoms with Crippen LogP contribution in [0.4, 0.5) is 11.4 Å². The molecule has 0 atom stereocenters. The summed E-state index contributed by atoms with van der Waals surface area (Å²) in [4.78, 5) is 38.0. The van der Waals surface area contributed by atoms with E-state index >= 15 is 0 Å². The van der Waals surface area contributed by atoms with Crippen LogP contribution in [0.15, 0.2) is 59.4 Å². The van der Waals surface area contributed by atoms with Crippen LogP contribution in [0.5, 0.6) is 0 Å². The van der Waals surface area contributed by atoms with Crippen LogP contribution in [0.25, 0.3) is 5.69 Å². The minimum Gasteiger partial charge on any atom is -0.325 e. The van der Waals surface area contributed by atoms with E-state index in [1.165, 1.54) is 4.68 Å². The summed E-state index contributed by atoms with van der Waals surface area (Å²) in [6.45, 7) is 3.90. The van der Waals surface area contributed by atoms with E-state index in [-0.39, 0.29) is 17.2 Å². The van der Waals surface area contributed by atoms with Crippen molar-refractivity contribution in [2.75, 3.05) is 22.1 Å². The highest BCUT2D eigenvalue weighted by Crippen LogP contribution is 2.17. The van der Waals surface area contributed by atoms with Gasteiger partial charge >= 0.3 is 0 Å². The number of carbonyl (C=O) groups excluding carboxylic acids is 2. The van der Waals surface area contributed by atoms with Gasteiger partial charge in [-0.2, -0.15) is 11.8 Å². The molecule has 0 aliphatic carbocycles. The second-order valence-corrected chi connectivity index (χ2v) is 8.53. The average Bonchev–Trinajstić information content (AvgIpc) is 3.00. The quantitative estimate of drug-likeness (QED) is 0.476. The summed E-state index contributed by atoms with van der Waals surface area (Å²) >= 11 is 1.59. The van der Waals surface area contributed by atoms with E-state index in [0.29, 0.717) is 28.4 Å². The predicted octanol–water partition coefficient (Wildman–Crippen LogP) is 4.21. The van der Waals surface area contributed by atoms with Gasteiger partial charge < -0.3 is 10.6 Å². The zero-order valence-corrected chi connectivity index (χ0v) is 19.4. The molecule has 7 nitrogen and oxygen atoms in total. The molecule has 1 aromatic heterocycles. The van der Waals surface area contributed by atoms with E-state index in [1.807, 2.05) is 30.3 Å². The van der Waals surface area contributed by atoms with Gasteiger partial charge in [0.1, 0.15) is 5.69 Å². The maximum absolute atomic E-state index is 13.0. The molecule has 2 N–H and O–H groups in total. The number of hydrogen-bond donors (Lipinski definition) is 2. The smallest absolute Gasteiger partial charge is 0.295 e. The molecule has 0 radical (unpaired) electrons. The van der Waals surface area contributed by atoms with Crippen molar-refractivity contribution in [2.24, 2.45) is 7.05 Å². The number of aromatic nitrogens is 2. The highest BCUT2D eigenvalue weighted by Gasteiger charge is 2.19. The summed E-state index contributed by atoms with van der Waals surface area (Å²) in [7, 11) is 1.77. The van der Waals surface area contributed by atoms with E-state index in [0.717, 1.165) is 18.6 Å². The number of carbonyl (C=O) groups is 2. The molecule has 2 aromatic carbocycles. The number of amides is 2. The van der Waals surface area contributed by atoms with E-state index in [9.17, 15) is 14.4 Å². The molecule has 0 bridgehead atoms. The van der Waals surface area contributed by atoms with Gasteiger partial charge in [0.15, 0.2) is 0 Å². The number of hydrogen-bond acceptors (Lipinski definition) is 4. The van der Waals surface area contributed by atoms with Crippen LogP contribution in [0, 0.1) is 6.92 Å². The summed E-state index contributed by atoms with van der Waals surface area (Å²) in [5.74, 6) is 0.805. The minimum atomic E-state index is -0.413. The number of rotatable bonds is 9. The molecular weight excluding hydrogens is 424 g/mol. The van der Waals surface area contributed by atoms with Gasteiger partial charge in [0.05, 0.1) is 17.1 Å². The molecule has 3 rings (SSSR count). The number of benzene rings is 2. The lowest BCUT2D eigenvalue weighted by Gasteiger charge is -2.08.